The Labute approximate surface area is 108 Å². The van der Waals surface area contributed by atoms with Crippen LogP contribution in [-0.4, -0.2) is 34.7 Å². The summed E-state index contributed by atoms with van der Waals surface area (Å²) < 4.78 is 0. The molecule has 4 heteroatoms. The molecule has 1 aliphatic heterocycles. The number of benzene rings is 1. The van der Waals surface area contributed by atoms with Crippen LogP contribution in [0.1, 0.15) is 31.4 Å². The number of phenolic OH excluding ortho intramolecular Hbond substituents is 2. The van der Waals surface area contributed by atoms with Crippen molar-refractivity contribution < 1.29 is 10.2 Å². The highest BCUT2D eigenvalue weighted by Crippen LogP contribution is 2.33. The molecule has 1 aromatic carbocycles. The highest BCUT2D eigenvalue weighted by atomic mass is 16.3. The standard InChI is InChI=1S/C14H22N2O2/c1-10-3-2-6-16(9-10)13(8-15)12-5-4-11(17)7-14(12)18/h4-5,7,10,13,17-18H,2-3,6,8-9,15H2,1H3. The fourth-order valence-electron chi connectivity index (χ4n) is 2.80. The van der Waals surface area contributed by atoms with Crippen LogP contribution in [0.4, 0.5) is 0 Å². The lowest BCUT2D eigenvalue weighted by atomic mass is 9.95. The zero-order valence-electron chi connectivity index (χ0n) is 10.8. The minimum atomic E-state index is 0.0355. The van der Waals surface area contributed by atoms with Crippen molar-refractivity contribution in [3.05, 3.63) is 23.8 Å². The molecule has 4 N–H and O–H groups in total. The summed E-state index contributed by atoms with van der Waals surface area (Å²) in [6.45, 7) is 4.76. The molecular weight excluding hydrogens is 228 g/mol. The Bertz CT molecular complexity index is 409. The molecule has 1 saturated heterocycles. The summed E-state index contributed by atoms with van der Waals surface area (Å²) in [6, 6.07) is 4.78. The summed E-state index contributed by atoms with van der Waals surface area (Å²) in [5, 5.41) is 19.3. The highest BCUT2D eigenvalue weighted by molar-refractivity contribution is 5.41. The van der Waals surface area contributed by atoms with Crippen molar-refractivity contribution in [3.8, 4) is 11.5 Å². The van der Waals surface area contributed by atoms with Crippen molar-refractivity contribution in [2.75, 3.05) is 19.6 Å². The topological polar surface area (TPSA) is 69.7 Å². The van der Waals surface area contributed by atoms with Crippen LogP contribution in [0.3, 0.4) is 0 Å². The van der Waals surface area contributed by atoms with Gasteiger partial charge in [0.25, 0.3) is 0 Å². The number of hydrogen-bond acceptors (Lipinski definition) is 4. The fraction of sp³-hybridized carbons (Fsp3) is 0.571. The molecule has 0 saturated carbocycles. The zero-order chi connectivity index (χ0) is 13.1. The normalized spacial score (nSPS) is 22.9. The Balaban J connectivity index is 2.21. The van der Waals surface area contributed by atoms with E-state index in [1.807, 2.05) is 0 Å². The van der Waals surface area contributed by atoms with E-state index in [1.54, 1.807) is 12.1 Å². The zero-order valence-corrected chi connectivity index (χ0v) is 10.8. The van der Waals surface area contributed by atoms with Gasteiger partial charge in [0, 0.05) is 24.7 Å². The smallest absolute Gasteiger partial charge is 0.124 e. The number of nitrogens with zero attached hydrogens (tertiary/aromatic N) is 1. The van der Waals surface area contributed by atoms with Crippen LogP contribution in [0.5, 0.6) is 11.5 Å². The van der Waals surface area contributed by atoms with Crippen molar-refractivity contribution in [2.24, 2.45) is 11.7 Å². The highest BCUT2D eigenvalue weighted by Gasteiger charge is 2.25. The van der Waals surface area contributed by atoms with Gasteiger partial charge in [-0.2, -0.15) is 0 Å². The first-order valence-corrected chi connectivity index (χ1v) is 6.57. The largest absolute Gasteiger partial charge is 0.508 e. The van der Waals surface area contributed by atoms with Crippen LogP contribution >= 0.6 is 0 Å². The Morgan fingerprint density at radius 1 is 1.44 bits per heavy atom. The molecule has 2 atom stereocenters. The molecule has 18 heavy (non-hydrogen) atoms. The van der Waals surface area contributed by atoms with Crippen LogP contribution in [0.25, 0.3) is 0 Å². The third kappa shape index (κ3) is 2.76. The maximum atomic E-state index is 9.95. The summed E-state index contributed by atoms with van der Waals surface area (Å²) in [4.78, 5) is 2.33. The van der Waals surface area contributed by atoms with Crippen LogP contribution in [0.15, 0.2) is 18.2 Å². The lowest BCUT2D eigenvalue weighted by molar-refractivity contribution is 0.131. The van der Waals surface area contributed by atoms with Gasteiger partial charge in [0.2, 0.25) is 0 Å². The Hall–Kier alpha value is -1.26. The molecule has 0 spiro atoms. The van der Waals surface area contributed by atoms with E-state index in [4.69, 9.17) is 5.73 Å². The summed E-state index contributed by atoms with van der Waals surface area (Å²) >= 11 is 0. The maximum absolute atomic E-state index is 9.95. The van der Waals surface area contributed by atoms with Crippen molar-refractivity contribution in [2.45, 2.75) is 25.8 Å². The lowest BCUT2D eigenvalue weighted by Crippen LogP contribution is -2.40. The van der Waals surface area contributed by atoms with Crippen molar-refractivity contribution in [1.29, 1.82) is 0 Å². The quantitative estimate of drug-likeness (QED) is 0.765. The van der Waals surface area contributed by atoms with Crippen LogP contribution in [0, 0.1) is 5.92 Å². The SMILES string of the molecule is CC1CCCN(C(CN)c2ccc(O)cc2O)C1. The van der Waals surface area contributed by atoms with Crippen molar-refractivity contribution in [3.63, 3.8) is 0 Å². The molecule has 0 aromatic heterocycles. The van der Waals surface area contributed by atoms with Gasteiger partial charge < -0.3 is 15.9 Å². The van der Waals surface area contributed by atoms with Gasteiger partial charge in [-0.3, -0.25) is 4.90 Å². The second-order valence-corrected chi connectivity index (χ2v) is 5.24. The molecule has 1 heterocycles. The Morgan fingerprint density at radius 3 is 2.83 bits per heavy atom. The van der Waals surface area contributed by atoms with Crippen LogP contribution < -0.4 is 5.73 Å². The molecule has 0 radical (unpaired) electrons. The van der Waals surface area contributed by atoms with E-state index < -0.39 is 0 Å². The van der Waals surface area contributed by atoms with Crippen molar-refractivity contribution >= 4 is 0 Å². The van der Waals surface area contributed by atoms with Crippen LogP contribution in [-0.2, 0) is 0 Å². The van der Waals surface area contributed by atoms with E-state index >= 15 is 0 Å². The molecule has 2 rings (SSSR count). The number of piperidine rings is 1. The van der Waals surface area contributed by atoms with Gasteiger partial charge in [0.05, 0.1) is 6.04 Å². The predicted octanol–water partition coefficient (Wildman–Crippen LogP) is 1.83. The molecular formula is C14H22N2O2. The average Bonchev–Trinajstić information content (AvgIpc) is 2.33. The van der Waals surface area contributed by atoms with Gasteiger partial charge in [-0.15, -0.1) is 0 Å². The average molecular weight is 250 g/mol. The first-order chi connectivity index (χ1) is 8.61. The molecule has 0 amide bonds. The second-order valence-electron chi connectivity index (χ2n) is 5.24. The predicted molar refractivity (Wildman–Crippen MR) is 71.5 cm³/mol. The van der Waals surface area contributed by atoms with E-state index in [1.165, 1.54) is 18.9 Å². The number of nitrogens with two attached hydrogens (primary N) is 1. The molecule has 4 nitrogen and oxygen atoms in total. The van der Waals surface area contributed by atoms with Gasteiger partial charge >= 0.3 is 0 Å². The number of phenols is 2. The molecule has 1 aliphatic rings. The summed E-state index contributed by atoms with van der Waals surface area (Å²) in [6.07, 6.45) is 2.44. The summed E-state index contributed by atoms with van der Waals surface area (Å²) in [7, 11) is 0. The van der Waals surface area contributed by atoms with E-state index in [-0.39, 0.29) is 17.5 Å². The van der Waals surface area contributed by atoms with E-state index in [0.717, 1.165) is 18.7 Å². The monoisotopic (exact) mass is 250 g/mol. The van der Waals surface area contributed by atoms with Gasteiger partial charge in [0.15, 0.2) is 0 Å². The molecule has 100 valence electrons. The summed E-state index contributed by atoms with van der Waals surface area (Å²) in [5.41, 5.74) is 6.68. The third-order valence-electron chi connectivity index (χ3n) is 3.73. The first kappa shape index (κ1) is 13.2. The minimum absolute atomic E-state index is 0.0355. The number of aromatic hydroxyl groups is 2. The lowest BCUT2D eigenvalue weighted by Gasteiger charge is -2.37. The number of rotatable bonds is 3. The molecule has 1 fully saturated rings. The minimum Gasteiger partial charge on any atom is -0.508 e. The second kappa shape index (κ2) is 5.59. The molecule has 1 aromatic rings. The third-order valence-corrected chi connectivity index (χ3v) is 3.73. The summed E-state index contributed by atoms with van der Waals surface area (Å²) in [5.74, 6) is 0.884. The van der Waals surface area contributed by atoms with E-state index in [9.17, 15) is 10.2 Å². The molecule has 0 aliphatic carbocycles. The van der Waals surface area contributed by atoms with Crippen LogP contribution in [0.2, 0.25) is 0 Å². The Morgan fingerprint density at radius 2 is 2.22 bits per heavy atom. The van der Waals surface area contributed by atoms with Gasteiger partial charge in [-0.25, -0.2) is 0 Å². The maximum Gasteiger partial charge on any atom is 0.124 e. The fourth-order valence-corrected chi connectivity index (χ4v) is 2.80. The van der Waals surface area contributed by atoms with E-state index in [2.05, 4.69) is 11.8 Å². The van der Waals surface area contributed by atoms with Crippen molar-refractivity contribution in [1.82, 2.24) is 4.90 Å². The number of hydrogen-bond donors (Lipinski definition) is 3. The van der Waals surface area contributed by atoms with Gasteiger partial charge in [-0.05, 0) is 31.4 Å². The van der Waals surface area contributed by atoms with Gasteiger partial charge in [0.1, 0.15) is 11.5 Å². The molecule has 0 bridgehead atoms. The molecule has 2 unspecified atom stereocenters. The first-order valence-electron chi connectivity index (χ1n) is 6.57. The Kier molecular flexibility index (Phi) is 4.09. The van der Waals surface area contributed by atoms with E-state index in [0.29, 0.717) is 12.5 Å². The van der Waals surface area contributed by atoms with Gasteiger partial charge in [-0.1, -0.05) is 13.0 Å². The number of likely N-dealkylation sites (tertiary alicyclic amines) is 1.